The summed E-state index contributed by atoms with van der Waals surface area (Å²) in [5.74, 6) is 0.562. The molecule has 0 aliphatic carbocycles. The van der Waals surface area contributed by atoms with Gasteiger partial charge in [-0.05, 0) is 43.1 Å². The van der Waals surface area contributed by atoms with Crippen LogP contribution in [0.15, 0.2) is 53.3 Å². The number of rotatable bonds is 6. The lowest BCUT2D eigenvalue weighted by molar-refractivity contribution is 0.153. The molecule has 3 N–H and O–H groups in total. The van der Waals surface area contributed by atoms with Crippen molar-refractivity contribution in [3.8, 4) is 22.5 Å². The van der Waals surface area contributed by atoms with Gasteiger partial charge >= 0.3 is 0 Å². The molecule has 5 rings (SSSR count). The number of aromatic nitrogens is 3. The van der Waals surface area contributed by atoms with E-state index in [2.05, 4.69) is 14.9 Å². The first kappa shape index (κ1) is 24.5. The number of nitrogens with two attached hydrogens (primary N) is 1. The summed E-state index contributed by atoms with van der Waals surface area (Å²) in [5, 5.41) is 10.7. The standard InChI is InChI=1S/C26H25Cl2N5O3/c1-36-33-25-19(12-18(26(33)35)22-20(27)5-2-6-21(22)28)23(29)30-24(31-25)16-9-7-15(8-10-16)13-32-11-3-4-17(32)14-34/h2,5-10,12,17,34H,3-4,11,13-14H2,1H3,(H2,29,30,31)/t17-/m0/s1. The van der Waals surface area contributed by atoms with Gasteiger partial charge in [0.25, 0.3) is 5.56 Å². The quantitative estimate of drug-likeness (QED) is 0.391. The minimum atomic E-state index is -0.469. The molecule has 0 amide bonds. The zero-order valence-electron chi connectivity index (χ0n) is 19.6. The summed E-state index contributed by atoms with van der Waals surface area (Å²) in [6, 6.07) is 14.7. The third-order valence-electron chi connectivity index (χ3n) is 6.57. The predicted molar refractivity (Wildman–Crippen MR) is 142 cm³/mol. The molecular weight excluding hydrogens is 501 g/mol. The molecule has 0 saturated carbocycles. The highest BCUT2D eigenvalue weighted by Gasteiger charge is 2.24. The Morgan fingerprint density at radius 1 is 1.14 bits per heavy atom. The van der Waals surface area contributed by atoms with Crippen molar-refractivity contribution in [2.24, 2.45) is 0 Å². The summed E-state index contributed by atoms with van der Waals surface area (Å²) in [6.45, 7) is 1.92. The van der Waals surface area contributed by atoms with Gasteiger partial charge in [0.2, 0.25) is 0 Å². The smallest absolute Gasteiger partial charge is 0.293 e. The van der Waals surface area contributed by atoms with E-state index in [4.69, 9.17) is 33.8 Å². The number of nitrogens with zero attached hydrogens (tertiary/aromatic N) is 4. The third kappa shape index (κ3) is 4.41. The largest absolute Gasteiger partial charge is 0.412 e. The van der Waals surface area contributed by atoms with Gasteiger partial charge in [0.15, 0.2) is 11.5 Å². The second-order valence-electron chi connectivity index (χ2n) is 8.75. The maximum absolute atomic E-state index is 13.3. The Labute approximate surface area is 217 Å². The molecule has 0 spiro atoms. The SMILES string of the molecule is COn1c(=O)c(-c2c(Cl)cccc2Cl)cc2c(N)nc(-c3ccc(CN4CCC[C@H]4CO)cc3)nc21. The second-order valence-corrected chi connectivity index (χ2v) is 9.57. The molecule has 1 aliphatic rings. The topological polar surface area (TPSA) is 106 Å². The predicted octanol–water partition coefficient (Wildman–Crippen LogP) is 4.03. The molecule has 1 saturated heterocycles. The van der Waals surface area contributed by atoms with E-state index in [0.29, 0.717) is 26.8 Å². The van der Waals surface area contributed by atoms with Gasteiger partial charge in [0.05, 0.1) is 27.6 Å². The van der Waals surface area contributed by atoms with Crippen molar-refractivity contribution in [1.82, 2.24) is 19.6 Å². The molecule has 0 bridgehead atoms. The number of nitrogen functional groups attached to an aromatic ring is 1. The van der Waals surface area contributed by atoms with Crippen LogP contribution in [0, 0.1) is 0 Å². The van der Waals surface area contributed by atoms with E-state index < -0.39 is 5.56 Å². The molecule has 2 aromatic heterocycles. The van der Waals surface area contributed by atoms with Gasteiger partial charge < -0.3 is 15.7 Å². The number of benzene rings is 2. The van der Waals surface area contributed by atoms with Gasteiger partial charge in [-0.3, -0.25) is 9.69 Å². The van der Waals surface area contributed by atoms with Crippen LogP contribution in [-0.2, 0) is 6.54 Å². The summed E-state index contributed by atoms with van der Waals surface area (Å²) in [6.07, 6.45) is 2.11. The van der Waals surface area contributed by atoms with Crippen LogP contribution in [0.2, 0.25) is 10.0 Å². The van der Waals surface area contributed by atoms with E-state index >= 15 is 0 Å². The second kappa shape index (κ2) is 10.1. The van der Waals surface area contributed by atoms with Crippen molar-refractivity contribution in [2.45, 2.75) is 25.4 Å². The van der Waals surface area contributed by atoms with Crippen LogP contribution >= 0.6 is 23.2 Å². The number of likely N-dealkylation sites (tertiary alicyclic amines) is 1. The molecule has 1 fully saturated rings. The van der Waals surface area contributed by atoms with Crippen LogP contribution in [0.4, 0.5) is 5.82 Å². The molecular formula is C26H25Cl2N5O3. The molecule has 2 aromatic carbocycles. The molecule has 186 valence electrons. The van der Waals surface area contributed by atoms with Crippen molar-refractivity contribution < 1.29 is 9.94 Å². The zero-order valence-corrected chi connectivity index (χ0v) is 21.1. The Morgan fingerprint density at radius 2 is 1.86 bits per heavy atom. The number of hydrogen-bond donors (Lipinski definition) is 2. The summed E-state index contributed by atoms with van der Waals surface area (Å²) >= 11 is 12.7. The molecule has 1 aliphatic heterocycles. The van der Waals surface area contributed by atoms with Crippen molar-refractivity contribution >= 4 is 40.1 Å². The minimum Gasteiger partial charge on any atom is -0.412 e. The van der Waals surface area contributed by atoms with Gasteiger partial charge in [-0.2, -0.15) is 0 Å². The maximum Gasteiger partial charge on any atom is 0.293 e. The van der Waals surface area contributed by atoms with E-state index in [1.807, 2.05) is 24.3 Å². The van der Waals surface area contributed by atoms with E-state index in [1.54, 1.807) is 24.3 Å². The van der Waals surface area contributed by atoms with E-state index in [0.717, 1.165) is 41.8 Å². The van der Waals surface area contributed by atoms with Crippen LogP contribution in [0.1, 0.15) is 18.4 Å². The Kier molecular flexibility index (Phi) is 6.85. The Balaban J connectivity index is 1.55. The lowest BCUT2D eigenvalue weighted by Crippen LogP contribution is -2.31. The maximum atomic E-state index is 13.3. The highest BCUT2D eigenvalue weighted by Crippen LogP contribution is 2.35. The van der Waals surface area contributed by atoms with E-state index in [-0.39, 0.29) is 29.7 Å². The summed E-state index contributed by atoms with van der Waals surface area (Å²) in [5.41, 5.74) is 8.61. The number of hydrogen-bond acceptors (Lipinski definition) is 7. The molecule has 3 heterocycles. The van der Waals surface area contributed by atoms with E-state index in [1.165, 1.54) is 7.11 Å². The number of halogens is 2. The average molecular weight is 526 g/mol. The van der Waals surface area contributed by atoms with E-state index in [9.17, 15) is 9.90 Å². The highest BCUT2D eigenvalue weighted by molar-refractivity contribution is 6.39. The van der Waals surface area contributed by atoms with Gasteiger partial charge in [0, 0.05) is 23.7 Å². The van der Waals surface area contributed by atoms with Crippen LogP contribution in [0.25, 0.3) is 33.5 Å². The van der Waals surface area contributed by atoms with Gasteiger partial charge in [0.1, 0.15) is 12.9 Å². The molecule has 0 radical (unpaired) electrons. The Bertz CT molecular complexity index is 1470. The van der Waals surface area contributed by atoms with Crippen molar-refractivity contribution in [3.63, 3.8) is 0 Å². The zero-order chi connectivity index (χ0) is 25.4. The first-order valence-electron chi connectivity index (χ1n) is 11.6. The fourth-order valence-electron chi connectivity index (χ4n) is 4.72. The first-order valence-corrected chi connectivity index (χ1v) is 12.3. The molecule has 4 aromatic rings. The fraction of sp³-hybridized carbons (Fsp3) is 0.269. The number of aliphatic hydroxyl groups excluding tert-OH is 1. The lowest BCUT2D eigenvalue weighted by atomic mass is 10.1. The molecule has 10 heteroatoms. The first-order chi connectivity index (χ1) is 17.4. The third-order valence-corrected chi connectivity index (χ3v) is 7.20. The molecule has 8 nitrogen and oxygen atoms in total. The van der Waals surface area contributed by atoms with Crippen molar-refractivity contribution in [3.05, 3.63) is 74.5 Å². The number of anilines is 1. The summed E-state index contributed by atoms with van der Waals surface area (Å²) in [4.78, 5) is 30.1. The summed E-state index contributed by atoms with van der Waals surface area (Å²) in [7, 11) is 1.38. The van der Waals surface area contributed by atoms with Gasteiger partial charge in [-0.25, -0.2) is 9.97 Å². The monoisotopic (exact) mass is 525 g/mol. The Hall–Kier alpha value is -3.17. The fourth-order valence-corrected chi connectivity index (χ4v) is 5.32. The number of pyridine rings is 1. The van der Waals surface area contributed by atoms with Crippen molar-refractivity contribution in [2.75, 3.05) is 26.0 Å². The van der Waals surface area contributed by atoms with Gasteiger partial charge in [-0.1, -0.05) is 53.5 Å². The highest BCUT2D eigenvalue weighted by atomic mass is 35.5. The van der Waals surface area contributed by atoms with Crippen LogP contribution in [0.3, 0.4) is 0 Å². The molecule has 36 heavy (non-hydrogen) atoms. The number of aliphatic hydroxyl groups is 1. The van der Waals surface area contributed by atoms with Crippen LogP contribution < -0.4 is 16.1 Å². The average Bonchev–Trinajstić information content (AvgIpc) is 3.32. The lowest BCUT2D eigenvalue weighted by Gasteiger charge is -2.22. The normalized spacial score (nSPS) is 16.1. The van der Waals surface area contributed by atoms with Gasteiger partial charge in [-0.15, -0.1) is 4.73 Å². The molecule has 0 unspecified atom stereocenters. The van der Waals surface area contributed by atoms with Crippen LogP contribution in [-0.4, -0.2) is 51.0 Å². The van der Waals surface area contributed by atoms with Crippen LogP contribution in [0.5, 0.6) is 0 Å². The number of fused-ring (bicyclic) bond motifs is 1. The minimum absolute atomic E-state index is 0.174. The summed E-state index contributed by atoms with van der Waals surface area (Å²) < 4.78 is 1.07. The van der Waals surface area contributed by atoms with Crippen molar-refractivity contribution in [1.29, 1.82) is 0 Å². The molecule has 1 atom stereocenters. The Morgan fingerprint density at radius 3 is 2.53 bits per heavy atom.